The van der Waals surface area contributed by atoms with E-state index in [0.29, 0.717) is 12.3 Å². The zero-order valence-electron chi connectivity index (χ0n) is 11.5. The average molecular weight is 286 g/mol. The molecule has 0 saturated heterocycles. The number of carbonyl (C=O) groups is 1. The number of amides is 1. The van der Waals surface area contributed by atoms with Crippen LogP contribution in [-0.2, 0) is 17.1 Å². The van der Waals surface area contributed by atoms with Crippen molar-refractivity contribution in [3.63, 3.8) is 0 Å². The maximum Gasteiger partial charge on any atom is 0.230 e. The first-order valence-corrected chi connectivity index (χ1v) is 7.70. The lowest BCUT2D eigenvalue weighted by Gasteiger charge is -2.06. The van der Waals surface area contributed by atoms with Gasteiger partial charge in [-0.05, 0) is 30.2 Å². The minimum absolute atomic E-state index is 0.0502. The van der Waals surface area contributed by atoms with Crippen LogP contribution in [0.2, 0.25) is 0 Å². The van der Waals surface area contributed by atoms with Crippen LogP contribution in [0.1, 0.15) is 16.8 Å². The molecule has 1 aromatic carbocycles. The van der Waals surface area contributed by atoms with E-state index in [1.807, 2.05) is 30.3 Å². The van der Waals surface area contributed by atoms with Gasteiger partial charge in [0.25, 0.3) is 0 Å². The summed E-state index contributed by atoms with van der Waals surface area (Å²) in [7, 11) is 0. The summed E-state index contributed by atoms with van der Waals surface area (Å²) in [6.45, 7) is 2.58. The van der Waals surface area contributed by atoms with Crippen LogP contribution in [0.15, 0.2) is 48.7 Å². The van der Waals surface area contributed by atoms with Gasteiger partial charge in [-0.2, -0.15) is 0 Å². The molecule has 0 atom stereocenters. The predicted molar refractivity (Wildman–Crippen MR) is 83.4 cm³/mol. The highest BCUT2D eigenvalue weighted by atomic mass is 32.2. The smallest absolute Gasteiger partial charge is 0.230 e. The van der Waals surface area contributed by atoms with Crippen LogP contribution in [-0.4, -0.2) is 16.6 Å². The largest absolute Gasteiger partial charge is 0.350 e. The fourth-order valence-corrected chi connectivity index (χ4v) is 2.70. The molecule has 1 N–H and O–H groups in total. The number of carbonyl (C=O) groups excluding carboxylic acids is 1. The van der Waals surface area contributed by atoms with Gasteiger partial charge in [-0.1, -0.05) is 30.3 Å². The number of pyridine rings is 1. The summed E-state index contributed by atoms with van der Waals surface area (Å²) in [5, 5.41) is 2.88. The third-order valence-electron chi connectivity index (χ3n) is 2.94. The third kappa shape index (κ3) is 4.70. The summed E-state index contributed by atoms with van der Waals surface area (Å²) in [6.07, 6.45) is 1.73. The van der Waals surface area contributed by atoms with Crippen molar-refractivity contribution in [3.8, 4) is 0 Å². The van der Waals surface area contributed by atoms with Crippen LogP contribution in [0.25, 0.3) is 0 Å². The van der Waals surface area contributed by atoms with Crippen molar-refractivity contribution < 1.29 is 4.79 Å². The lowest BCUT2D eigenvalue weighted by Crippen LogP contribution is -2.25. The minimum atomic E-state index is 0.0502. The van der Waals surface area contributed by atoms with Crippen LogP contribution in [0.3, 0.4) is 0 Å². The lowest BCUT2D eigenvalue weighted by atomic mass is 10.1. The van der Waals surface area contributed by atoms with E-state index in [1.54, 1.807) is 18.0 Å². The minimum Gasteiger partial charge on any atom is -0.350 e. The van der Waals surface area contributed by atoms with Gasteiger partial charge < -0.3 is 5.32 Å². The molecule has 0 aliphatic carbocycles. The number of nitrogens with one attached hydrogen (secondary N) is 1. The number of rotatable bonds is 6. The molecule has 0 aliphatic rings. The van der Waals surface area contributed by atoms with E-state index in [4.69, 9.17) is 0 Å². The van der Waals surface area contributed by atoms with Gasteiger partial charge >= 0.3 is 0 Å². The van der Waals surface area contributed by atoms with E-state index in [9.17, 15) is 4.79 Å². The summed E-state index contributed by atoms with van der Waals surface area (Å²) in [4.78, 5) is 15.9. The van der Waals surface area contributed by atoms with Gasteiger partial charge in [-0.15, -0.1) is 11.8 Å². The van der Waals surface area contributed by atoms with Gasteiger partial charge in [-0.25, -0.2) is 0 Å². The molecular weight excluding hydrogens is 268 g/mol. The second kappa shape index (κ2) is 7.70. The standard InChI is InChI=1S/C16H18N2OS/c1-13-6-2-3-7-14(13)11-20-12-16(19)18-10-15-8-4-5-9-17-15/h2-9H,10-12H2,1H3,(H,18,19). The van der Waals surface area contributed by atoms with Crippen LogP contribution in [0, 0.1) is 6.92 Å². The van der Waals surface area contributed by atoms with E-state index in [2.05, 4.69) is 29.4 Å². The van der Waals surface area contributed by atoms with Crippen LogP contribution < -0.4 is 5.32 Å². The van der Waals surface area contributed by atoms with Gasteiger partial charge in [0.05, 0.1) is 18.0 Å². The Labute approximate surface area is 123 Å². The SMILES string of the molecule is Cc1ccccc1CSCC(=O)NCc1ccccn1. The molecule has 0 saturated carbocycles. The van der Waals surface area contributed by atoms with E-state index >= 15 is 0 Å². The lowest BCUT2D eigenvalue weighted by molar-refractivity contribution is -0.118. The summed E-state index contributed by atoms with van der Waals surface area (Å²) >= 11 is 1.63. The van der Waals surface area contributed by atoms with E-state index in [0.717, 1.165) is 11.4 Å². The summed E-state index contributed by atoms with van der Waals surface area (Å²) < 4.78 is 0. The van der Waals surface area contributed by atoms with Crippen molar-refractivity contribution in [1.82, 2.24) is 10.3 Å². The summed E-state index contributed by atoms with van der Waals surface area (Å²) in [5.41, 5.74) is 3.44. The maximum atomic E-state index is 11.7. The molecule has 3 nitrogen and oxygen atoms in total. The van der Waals surface area contributed by atoms with Crippen molar-refractivity contribution >= 4 is 17.7 Å². The Morgan fingerprint density at radius 1 is 1.20 bits per heavy atom. The molecule has 1 amide bonds. The first-order chi connectivity index (χ1) is 9.75. The van der Waals surface area contributed by atoms with Gasteiger partial charge in [0.2, 0.25) is 5.91 Å². The Morgan fingerprint density at radius 2 is 2.00 bits per heavy atom. The molecular formula is C16H18N2OS. The molecule has 0 aliphatic heterocycles. The first kappa shape index (κ1) is 14.6. The molecule has 104 valence electrons. The number of hydrogen-bond acceptors (Lipinski definition) is 3. The van der Waals surface area contributed by atoms with Crippen LogP contribution >= 0.6 is 11.8 Å². The molecule has 0 radical (unpaired) electrons. The molecule has 0 spiro atoms. The van der Waals surface area contributed by atoms with Crippen molar-refractivity contribution in [1.29, 1.82) is 0 Å². The normalized spacial score (nSPS) is 10.2. The number of aromatic nitrogens is 1. The number of benzene rings is 1. The number of aryl methyl sites for hydroxylation is 1. The van der Waals surface area contributed by atoms with Gasteiger partial charge in [0.15, 0.2) is 0 Å². The molecule has 0 fully saturated rings. The first-order valence-electron chi connectivity index (χ1n) is 6.54. The highest BCUT2D eigenvalue weighted by Gasteiger charge is 2.03. The highest BCUT2D eigenvalue weighted by Crippen LogP contribution is 2.15. The highest BCUT2D eigenvalue weighted by molar-refractivity contribution is 7.99. The van der Waals surface area contributed by atoms with Gasteiger partial charge in [-0.3, -0.25) is 9.78 Å². The Morgan fingerprint density at radius 3 is 2.75 bits per heavy atom. The topological polar surface area (TPSA) is 42.0 Å². The fraction of sp³-hybridized carbons (Fsp3) is 0.250. The monoisotopic (exact) mass is 286 g/mol. The van der Waals surface area contributed by atoms with E-state index < -0.39 is 0 Å². The Kier molecular flexibility index (Phi) is 5.62. The number of hydrogen-bond donors (Lipinski definition) is 1. The molecule has 4 heteroatoms. The average Bonchev–Trinajstić information content (AvgIpc) is 2.48. The number of thioether (sulfide) groups is 1. The van der Waals surface area contributed by atoms with Crippen molar-refractivity contribution in [2.45, 2.75) is 19.2 Å². The Bertz CT molecular complexity index is 557. The van der Waals surface area contributed by atoms with Crippen molar-refractivity contribution in [2.24, 2.45) is 0 Å². The predicted octanol–water partition coefficient (Wildman–Crippen LogP) is 2.94. The van der Waals surface area contributed by atoms with E-state index in [1.165, 1.54) is 11.1 Å². The zero-order valence-corrected chi connectivity index (χ0v) is 12.3. The molecule has 1 aromatic heterocycles. The quantitative estimate of drug-likeness (QED) is 0.887. The molecule has 20 heavy (non-hydrogen) atoms. The van der Waals surface area contributed by atoms with Gasteiger partial charge in [0, 0.05) is 11.9 Å². The van der Waals surface area contributed by atoms with Crippen LogP contribution in [0.5, 0.6) is 0 Å². The van der Waals surface area contributed by atoms with E-state index in [-0.39, 0.29) is 5.91 Å². The fourth-order valence-electron chi connectivity index (χ4n) is 1.77. The molecule has 0 bridgehead atoms. The zero-order chi connectivity index (χ0) is 14.2. The van der Waals surface area contributed by atoms with Crippen LogP contribution in [0.4, 0.5) is 0 Å². The molecule has 2 rings (SSSR count). The molecule has 0 unspecified atom stereocenters. The van der Waals surface area contributed by atoms with Crippen molar-refractivity contribution in [2.75, 3.05) is 5.75 Å². The molecule has 2 aromatic rings. The third-order valence-corrected chi connectivity index (χ3v) is 3.93. The Balaban J connectivity index is 1.69. The molecule has 1 heterocycles. The Hall–Kier alpha value is -1.81. The van der Waals surface area contributed by atoms with Gasteiger partial charge in [0.1, 0.15) is 0 Å². The summed E-state index contributed by atoms with van der Waals surface area (Å²) in [6, 6.07) is 13.9. The number of nitrogens with zero attached hydrogens (tertiary/aromatic N) is 1. The maximum absolute atomic E-state index is 11.7. The summed E-state index contributed by atoms with van der Waals surface area (Å²) in [5.74, 6) is 1.39. The second-order valence-electron chi connectivity index (χ2n) is 4.52. The van der Waals surface area contributed by atoms with Crippen molar-refractivity contribution in [3.05, 3.63) is 65.5 Å². The second-order valence-corrected chi connectivity index (χ2v) is 5.50.